The van der Waals surface area contributed by atoms with Gasteiger partial charge in [0.2, 0.25) is 0 Å². The predicted octanol–water partition coefficient (Wildman–Crippen LogP) is 5.33. The van der Waals surface area contributed by atoms with E-state index in [9.17, 15) is 4.79 Å². The van der Waals surface area contributed by atoms with E-state index in [4.69, 9.17) is 11.6 Å². The first-order chi connectivity index (χ1) is 10.2. The second kappa shape index (κ2) is 7.62. The zero-order chi connectivity index (χ0) is 15.2. The van der Waals surface area contributed by atoms with Crippen LogP contribution in [0.4, 0.5) is 0 Å². The molecule has 2 aromatic rings. The van der Waals surface area contributed by atoms with Gasteiger partial charge < -0.3 is 4.90 Å². The van der Waals surface area contributed by atoms with Gasteiger partial charge in [-0.3, -0.25) is 4.79 Å². The molecule has 112 valence electrons. The molecular weight excluding hydrogens is 302 g/mol. The Bertz CT molecular complexity index is 608. The first-order valence-corrected chi connectivity index (χ1v) is 8.50. The van der Waals surface area contributed by atoms with Gasteiger partial charge in [0.05, 0.1) is 4.88 Å². The molecule has 0 saturated heterocycles. The summed E-state index contributed by atoms with van der Waals surface area (Å²) in [6, 6.07) is 11.6. The van der Waals surface area contributed by atoms with Gasteiger partial charge in [-0.1, -0.05) is 37.1 Å². The number of hydrogen-bond donors (Lipinski definition) is 0. The normalized spacial score (nSPS) is 10.6. The van der Waals surface area contributed by atoms with Gasteiger partial charge >= 0.3 is 0 Å². The van der Waals surface area contributed by atoms with E-state index in [1.807, 2.05) is 48.2 Å². The minimum atomic E-state index is 0.129. The number of hydrogen-bond acceptors (Lipinski definition) is 2. The van der Waals surface area contributed by atoms with Gasteiger partial charge in [-0.05, 0) is 43.2 Å². The molecule has 0 aliphatic rings. The highest BCUT2D eigenvalue weighted by Crippen LogP contribution is 2.30. The van der Waals surface area contributed by atoms with Gasteiger partial charge in [-0.25, -0.2) is 0 Å². The van der Waals surface area contributed by atoms with Crippen LogP contribution in [0.1, 0.15) is 36.4 Å². The van der Waals surface area contributed by atoms with Crippen LogP contribution in [-0.4, -0.2) is 23.9 Å². The Kier molecular flexibility index (Phi) is 5.83. The summed E-state index contributed by atoms with van der Waals surface area (Å²) in [6.45, 7) is 5.75. The van der Waals surface area contributed by atoms with Crippen molar-refractivity contribution < 1.29 is 4.79 Å². The molecule has 0 spiro atoms. The third-order valence-corrected chi connectivity index (χ3v) is 4.73. The fraction of sp³-hybridized carbons (Fsp3) is 0.353. The van der Waals surface area contributed by atoms with Crippen LogP contribution in [-0.2, 0) is 0 Å². The van der Waals surface area contributed by atoms with Crippen LogP contribution in [0.5, 0.6) is 0 Å². The summed E-state index contributed by atoms with van der Waals surface area (Å²) < 4.78 is 0. The van der Waals surface area contributed by atoms with Crippen LogP contribution in [0, 0.1) is 0 Å². The van der Waals surface area contributed by atoms with Crippen molar-refractivity contribution in [1.82, 2.24) is 4.90 Å². The Balaban J connectivity index is 2.17. The van der Waals surface area contributed by atoms with Gasteiger partial charge in [-0.15, -0.1) is 11.3 Å². The van der Waals surface area contributed by atoms with Crippen molar-refractivity contribution in [3.63, 3.8) is 0 Å². The molecule has 1 aromatic carbocycles. The number of rotatable bonds is 6. The lowest BCUT2D eigenvalue weighted by atomic mass is 10.2. The maximum Gasteiger partial charge on any atom is 0.263 e. The summed E-state index contributed by atoms with van der Waals surface area (Å²) in [7, 11) is 0. The van der Waals surface area contributed by atoms with E-state index in [1.165, 1.54) is 11.3 Å². The highest BCUT2D eigenvalue weighted by molar-refractivity contribution is 7.17. The quantitative estimate of drug-likeness (QED) is 0.704. The number of nitrogens with zero attached hydrogens (tertiary/aromatic N) is 1. The van der Waals surface area contributed by atoms with Crippen LogP contribution in [0.2, 0.25) is 5.02 Å². The molecule has 0 aliphatic carbocycles. The molecule has 2 rings (SSSR count). The number of halogens is 1. The average molecular weight is 322 g/mol. The number of benzene rings is 1. The Morgan fingerprint density at radius 2 is 2.05 bits per heavy atom. The molecule has 2 nitrogen and oxygen atoms in total. The third kappa shape index (κ3) is 4.08. The van der Waals surface area contributed by atoms with Gasteiger partial charge in [0.1, 0.15) is 0 Å². The fourth-order valence-corrected chi connectivity index (χ4v) is 3.32. The molecule has 0 radical (unpaired) electrons. The van der Waals surface area contributed by atoms with Crippen LogP contribution in [0.3, 0.4) is 0 Å². The van der Waals surface area contributed by atoms with E-state index in [0.717, 1.165) is 41.2 Å². The van der Waals surface area contributed by atoms with Gasteiger partial charge in [0.15, 0.2) is 0 Å². The highest BCUT2D eigenvalue weighted by Gasteiger charge is 2.16. The van der Waals surface area contributed by atoms with Crippen molar-refractivity contribution in [2.45, 2.75) is 26.7 Å². The number of carbonyl (C=O) groups excluding carboxylic acids is 1. The number of carbonyl (C=O) groups is 1. The van der Waals surface area contributed by atoms with Crippen LogP contribution in [0.25, 0.3) is 10.4 Å². The highest BCUT2D eigenvalue weighted by atomic mass is 35.5. The molecule has 4 heteroatoms. The van der Waals surface area contributed by atoms with E-state index >= 15 is 0 Å². The number of unbranched alkanes of at least 4 members (excludes halogenated alkanes) is 1. The molecule has 21 heavy (non-hydrogen) atoms. The van der Waals surface area contributed by atoms with Crippen molar-refractivity contribution in [3.05, 3.63) is 46.3 Å². The molecule has 0 N–H and O–H groups in total. The monoisotopic (exact) mass is 321 g/mol. The van der Waals surface area contributed by atoms with E-state index in [0.29, 0.717) is 5.02 Å². The van der Waals surface area contributed by atoms with E-state index < -0.39 is 0 Å². The second-order valence-electron chi connectivity index (χ2n) is 4.91. The van der Waals surface area contributed by atoms with Crippen LogP contribution < -0.4 is 0 Å². The topological polar surface area (TPSA) is 20.3 Å². The fourth-order valence-electron chi connectivity index (χ4n) is 2.16. The Hall–Kier alpha value is -1.32. The standard InChI is InChI=1S/C17H20ClNOS/c1-3-5-11-19(4-2)17(20)16-10-9-15(21-16)13-7-6-8-14(18)12-13/h6-10,12H,3-5,11H2,1-2H3. The number of amides is 1. The van der Waals surface area contributed by atoms with Crippen molar-refractivity contribution >= 4 is 28.8 Å². The summed E-state index contributed by atoms with van der Waals surface area (Å²) >= 11 is 7.55. The molecule has 0 bridgehead atoms. The Morgan fingerprint density at radius 1 is 1.24 bits per heavy atom. The van der Waals surface area contributed by atoms with E-state index in [-0.39, 0.29) is 5.91 Å². The SMILES string of the molecule is CCCCN(CC)C(=O)c1ccc(-c2cccc(Cl)c2)s1. The van der Waals surface area contributed by atoms with Gasteiger partial charge in [0.25, 0.3) is 5.91 Å². The van der Waals surface area contributed by atoms with Crippen molar-refractivity contribution in [2.24, 2.45) is 0 Å². The zero-order valence-electron chi connectivity index (χ0n) is 12.4. The number of thiophene rings is 1. The summed E-state index contributed by atoms with van der Waals surface area (Å²) in [5, 5.41) is 0.715. The van der Waals surface area contributed by atoms with Crippen molar-refractivity contribution in [1.29, 1.82) is 0 Å². The molecular formula is C17H20ClNOS. The van der Waals surface area contributed by atoms with Crippen molar-refractivity contribution in [3.8, 4) is 10.4 Å². The lowest BCUT2D eigenvalue weighted by Gasteiger charge is -2.19. The first-order valence-electron chi connectivity index (χ1n) is 7.30. The first kappa shape index (κ1) is 16.1. The second-order valence-corrected chi connectivity index (χ2v) is 6.43. The maximum atomic E-state index is 12.5. The molecule has 0 atom stereocenters. The maximum absolute atomic E-state index is 12.5. The smallest absolute Gasteiger partial charge is 0.263 e. The summed E-state index contributed by atoms with van der Waals surface area (Å²) in [6.07, 6.45) is 2.15. The van der Waals surface area contributed by atoms with Gasteiger partial charge in [-0.2, -0.15) is 0 Å². The molecule has 0 unspecified atom stereocenters. The van der Waals surface area contributed by atoms with E-state index in [2.05, 4.69) is 6.92 Å². The Labute approximate surface area is 135 Å². The summed E-state index contributed by atoms with van der Waals surface area (Å²) in [5.41, 5.74) is 1.06. The predicted molar refractivity (Wildman–Crippen MR) is 91.3 cm³/mol. The van der Waals surface area contributed by atoms with Crippen LogP contribution >= 0.6 is 22.9 Å². The van der Waals surface area contributed by atoms with Gasteiger partial charge in [0, 0.05) is 23.0 Å². The Morgan fingerprint density at radius 3 is 2.71 bits per heavy atom. The largest absolute Gasteiger partial charge is 0.338 e. The molecule has 0 fully saturated rings. The lowest BCUT2D eigenvalue weighted by molar-refractivity contribution is 0.0767. The summed E-state index contributed by atoms with van der Waals surface area (Å²) in [4.78, 5) is 16.3. The lowest BCUT2D eigenvalue weighted by Crippen LogP contribution is -2.31. The molecule has 1 amide bonds. The molecule has 0 saturated carbocycles. The molecule has 1 aromatic heterocycles. The van der Waals surface area contributed by atoms with E-state index in [1.54, 1.807) is 0 Å². The zero-order valence-corrected chi connectivity index (χ0v) is 14.0. The third-order valence-electron chi connectivity index (χ3n) is 3.38. The van der Waals surface area contributed by atoms with Crippen LogP contribution in [0.15, 0.2) is 36.4 Å². The molecule has 1 heterocycles. The minimum absolute atomic E-state index is 0.129. The summed E-state index contributed by atoms with van der Waals surface area (Å²) in [5.74, 6) is 0.129. The minimum Gasteiger partial charge on any atom is -0.338 e. The molecule has 0 aliphatic heterocycles. The average Bonchev–Trinajstić information content (AvgIpc) is 2.97. The van der Waals surface area contributed by atoms with Crippen molar-refractivity contribution in [2.75, 3.05) is 13.1 Å².